The number of benzene rings is 1. The van der Waals surface area contributed by atoms with Crippen LogP contribution in [-0.2, 0) is 11.3 Å². The van der Waals surface area contributed by atoms with Crippen molar-refractivity contribution in [1.82, 2.24) is 19.9 Å². The second kappa shape index (κ2) is 9.48. The zero-order valence-corrected chi connectivity index (χ0v) is 15.4. The van der Waals surface area contributed by atoms with E-state index in [1.807, 2.05) is 0 Å². The van der Waals surface area contributed by atoms with Gasteiger partial charge in [-0.25, -0.2) is 4.79 Å². The number of carbonyl (C=O) groups excluding carboxylic acids is 1. The van der Waals surface area contributed by atoms with Gasteiger partial charge in [-0.1, -0.05) is 13.8 Å². The summed E-state index contributed by atoms with van der Waals surface area (Å²) in [4.78, 5) is 25.3. The predicted octanol–water partition coefficient (Wildman–Crippen LogP) is 2.42. The van der Waals surface area contributed by atoms with E-state index in [2.05, 4.69) is 39.0 Å². The van der Waals surface area contributed by atoms with Crippen LogP contribution in [0.1, 0.15) is 13.8 Å². The SMILES string of the molecule is CCN(CC)CCn1nc(Nc2ccc([N+](=O)[O-])cc2)c(OC(=O)OC)n1. The van der Waals surface area contributed by atoms with Crippen molar-refractivity contribution in [2.24, 2.45) is 0 Å². The fourth-order valence-electron chi connectivity index (χ4n) is 2.27. The smallest absolute Gasteiger partial charge is 0.437 e. The van der Waals surface area contributed by atoms with Gasteiger partial charge in [-0.2, -0.15) is 4.80 Å². The molecule has 0 aliphatic rings. The highest BCUT2D eigenvalue weighted by Gasteiger charge is 2.18. The van der Waals surface area contributed by atoms with E-state index in [1.165, 1.54) is 36.2 Å². The number of nitro benzene ring substituents is 1. The minimum Gasteiger partial charge on any atom is -0.437 e. The van der Waals surface area contributed by atoms with Crippen LogP contribution in [0.4, 0.5) is 22.0 Å². The number of non-ortho nitro benzene ring substituents is 1. The van der Waals surface area contributed by atoms with Crippen molar-refractivity contribution in [3.63, 3.8) is 0 Å². The normalized spacial score (nSPS) is 10.7. The van der Waals surface area contributed by atoms with Gasteiger partial charge in [0, 0.05) is 24.4 Å². The first-order valence-corrected chi connectivity index (χ1v) is 8.41. The van der Waals surface area contributed by atoms with Gasteiger partial charge in [-0.05, 0) is 25.2 Å². The summed E-state index contributed by atoms with van der Waals surface area (Å²) in [5.41, 5.74) is 0.501. The minimum absolute atomic E-state index is 0.0329. The predicted molar refractivity (Wildman–Crippen MR) is 97.2 cm³/mol. The van der Waals surface area contributed by atoms with Crippen LogP contribution in [0.2, 0.25) is 0 Å². The number of hydrogen-bond donors (Lipinski definition) is 1. The molecular weight excluding hydrogens is 356 g/mol. The van der Waals surface area contributed by atoms with E-state index >= 15 is 0 Å². The lowest BCUT2D eigenvalue weighted by Crippen LogP contribution is -2.27. The average Bonchev–Trinajstić information content (AvgIpc) is 3.04. The lowest BCUT2D eigenvalue weighted by atomic mass is 10.3. The van der Waals surface area contributed by atoms with Gasteiger partial charge >= 0.3 is 6.16 Å². The number of aromatic nitrogens is 3. The van der Waals surface area contributed by atoms with Gasteiger partial charge in [0.1, 0.15) is 0 Å². The monoisotopic (exact) mass is 378 g/mol. The third-order valence-electron chi connectivity index (χ3n) is 3.82. The van der Waals surface area contributed by atoms with Crippen LogP contribution in [-0.4, -0.2) is 57.7 Å². The number of nitrogens with zero attached hydrogens (tertiary/aromatic N) is 5. The molecule has 0 bridgehead atoms. The van der Waals surface area contributed by atoms with Gasteiger partial charge in [0.25, 0.3) is 11.6 Å². The molecule has 27 heavy (non-hydrogen) atoms. The third-order valence-corrected chi connectivity index (χ3v) is 3.82. The number of nitro groups is 1. The van der Waals surface area contributed by atoms with E-state index in [0.717, 1.165) is 19.6 Å². The molecule has 0 atom stereocenters. The molecule has 1 heterocycles. The summed E-state index contributed by atoms with van der Waals surface area (Å²) in [5.74, 6) is 0.161. The fourth-order valence-corrected chi connectivity index (χ4v) is 2.27. The Labute approximate surface area is 156 Å². The van der Waals surface area contributed by atoms with Crippen LogP contribution in [0.5, 0.6) is 5.88 Å². The largest absolute Gasteiger partial charge is 0.515 e. The summed E-state index contributed by atoms with van der Waals surface area (Å²) in [6.45, 7) is 7.16. The van der Waals surface area contributed by atoms with Crippen molar-refractivity contribution in [2.75, 3.05) is 32.1 Å². The summed E-state index contributed by atoms with van der Waals surface area (Å²) in [5, 5.41) is 22.1. The van der Waals surface area contributed by atoms with E-state index in [4.69, 9.17) is 4.74 Å². The number of hydrogen-bond acceptors (Lipinski definition) is 9. The summed E-state index contributed by atoms with van der Waals surface area (Å²) in [6.07, 6.45) is -0.919. The zero-order valence-electron chi connectivity index (χ0n) is 15.4. The number of carbonyl (C=O) groups is 1. The van der Waals surface area contributed by atoms with Crippen LogP contribution < -0.4 is 10.1 Å². The first kappa shape index (κ1) is 20.1. The molecule has 0 amide bonds. The maximum atomic E-state index is 11.4. The number of rotatable bonds is 9. The number of likely N-dealkylation sites (N-methyl/N-ethyl adjacent to an activating group) is 1. The van der Waals surface area contributed by atoms with E-state index in [1.54, 1.807) is 0 Å². The molecule has 0 aliphatic heterocycles. The van der Waals surface area contributed by atoms with Gasteiger partial charge in [0.15, 0.2) is 0 Å². The minimum atomic E-state index is -0.919. The lowest BCUT2D eigenvalue weighted by molar-refractivity contribution is -0.384. The zero-order chi connectivity index (χ0) is 19.8. The van der Waals surface area contributed by atoms with Crippen LogP contribution in [0, 0.1) is 10.1 Å². The first-order chi connectivity index (χ1) is 13.0. The summed E-state index contributed by atoms with van der Waals surface area (Å²) < 4.78 is 9.52. The lowest BCUT2D eigenvalue weighted by Gasteiger charge is -2.16. The molecule has 11 nitrogen and oxygen atoms in total. The standard InChI is InChI=1S/C16H22N6O5/c1-4-20(5-2)10-11-21-18-14(15(19-21)27-16(23)26-3)17-12-6-8-13(9-7-12)22(24)25/h6-9H,4-5,10-11H2,1-3H3,(H,17,18). The highest BCUT2D eigenvalue weighted by Crippen LogP contribution is 2.25. The Balaban J connectivity index is 2.18. The molecule has 146 valence electrons. The van der Waals surface area contributed by atoms with Gasteiger partial charge in [-0.15, -0.1) is 10.2 Å². The van der Waals surface area contributed by atoms with E-state index in [0.29, 0.717) is 12.2 Å². The van der Waals surface area contributed by atoms with Crippen molar-refractivity contribution in [3.8, 4) is 5.88 Å². The summed E-state index contributed by atoms with van der Waals surface area (Å²) in [6, 6.07) is 5.76. The molecule has 1 aromatic heterocycles. The van der Waals surface area contributed by atoms with Gasteiger partial charge < -0.3 is 19.7 Å². The van der Waals surface area contributed by atoms with E-state index in [-0.39, 0.29) is 17.4 Å². The summed E-state index contributed by atoms with van der Waals surface area (Å²) >= 11 is 0. The summed E-state index contributed by atoms with van der Waals surface area (Å²) in [7, 11) is 1.19. The molecule has 0 radical (unpaired) electrons. The second-order valence-corrected chi connectivity index (χ2v) is 5.46. The van der Waals surface area contributed by atoms with Crippen LogP contribution in [0.25, 0.3) is 0 Å². The Morgan fingerprint density at radius 3 is 2.48 bits per heavy atom. The van der Waals surface area contributed by atoms with Gasteiger partial charge in [0.2, 0.25) is 5.82 Å². The number of methoxy groups -OCH3 is 1. The Kier molecular flexibility index (Phi) is 7.06. The van der Waals surface area contributed by atoms with E-state index < -0.39 is 11.1 Å². The number of anilines is 2. The van der Waals surface area contributed by atoms with Crippen molar-refractivity contribution < 1.29 is 19.2 Å². The van der Waals surface area contributed by atoms with Crippen molar-refractivity contribution in [2.45, 2.75) is 20.4 Å². The molecular formula is C16H22N6O5. The van der Waals surface area contributed by atoms with Crippen LogP contribution in [0.15, 0.2) is 24.3 Å². The maximum absolute atomic E-state index is 11.4. The Morgan fingerprint density at radius 1 is 1.26 bits per heavy atom. The molecule has 1 N–H and O–H groups in total. The van der Waals surface area contributed by atoms with Crippen molar-refractivity contribution in [1.29, 1.82) is 0 Å². The highest BCUT2D eigenvalue weighted by molar-refractivity contribution is 5.68. The van der Waals surface area contributed by atoms with Crippen molar-refractivity contribution in [3.05, 3.63) is 34.4 Å². The van der Waals surface area contributed by atoms with E-state index in [9.17, 15) is 14.9 Å². The highest BCUT2D eigenvalue weighted by atomic mass is 16.7. The van der Waals surface area contributed by atoms with Crippen LogP contribution in [0.3, 0.4) is 0 Å². The first-order valence-electron chi connectivity index (χ1n) is 8.41. The molecule has 0 aliphatic carbocycles. The molecule has 0 spiro atoms. The Morgan fingerprint density at radius 2 is 1.93 bits per heavy atom. The number of nitrogens with one attached hydrogen (secondary N) is 1. The molecule has 11 heteroatoms. The van der Waals surface area contributed by atoms with Gasteiger partial charge in [0.05, 0.1) is 18.6 Å². The molecule has 0 fully saturated rings. The second-order valence-electron chi connectivity index (χ2n) is 5.46. The molecule has 2 rings (SSSR count). The topological polar surface area (TPSA) is 125 Å². The van der Waals surface area contributed by atoms with Gasteiger partial charge in [-0.3, -0.25) is 10.1 Å². The molecule has 0 saturated heterocycles. The number of ether oxygens (including phenoxy) is 2. The third kappa shape index (κ3) is 5.64. The molecule has 1 aromatic carbocycles. The fraction of sp³-hybridized carbons (Fsp3) is 0.438. The Hall–Kier alpha value is -3.21. The maximum Gasteiger partial charge on any atom is 0.515 e. The Bertz CT molecular complexity index is 772. The van der Waals surface area contributed by atoms with Crippen molar-refractivity contribution >= 4 is 23.3 Å². The van der Waals surface area contributed by atoms with Crippen LogP contribution >= 0.6 is 0 Å². The quantitative estimate of drug-likeness (QED) is 0.398. The molecule has 0 saturated carbocycles. The molecule has 0 unspecified atom stereocenters. The molecule has 2 aromatic rings. The average molecular weight is 378 g/mol.